The molecule has 5 rings (SSSR count). The van der Waals surface area contributed by atoms with Crippen molar-refractivity contribution >= 4 is 0 Å². The second-order valence-corrected chi connectivity index (χ2v) is 9.79. The van der Waals surface area contributed by atoms with Gasteiger partial charge in [-0.1, -0.05) is 91.0 Å². The number of aromatic amines is 1. The van der Waals surface area contributed by atoms with Gasteiger partial charge in [-0.3, -0.25) is 14.3 Å². The third-order valence-corrected chi connectivity index (χ3v) is 7.91. The van der Waals surface area contributed by atoms with Crippen LogP contribution in [-0.4, -0.2) is 58.6 Å². The molecule has 0 unspecified atom stereocenters. The minimum atomic E-state index is -2.09. The first-order valence-corrected chi connectivity index (χ1v) is 12.9. The summed E-state index contributed by atoms with van der Waals surface area (Å²) < 4.78 is 20.2. The molecular formula is C31H32N2O7. The zero-order chi connectivity index (χ0) is 28.5. The lowest BCUT2D eigenvalue weighted by Crippen LogP contribution is -2.71. The van der Waals surface area contributed by atoms with Gasteiger partial charge in [0.25, 0.3) is 5.56 Å². The first-order valence-electron chi connectivity index (χ1n) is 12.9. The van der Waals surface area contributed by atoms with Crippen LogP contribution in [-0.2, 0) is 25.4 Å². The van der Waals surface area contributed by atoms with Crippen LogP contribution in [0.3, 0.4) is 0 Å². The van der Waals surface area contributed by atoms with Gasteiger partial charge in [-0.15, -0.1) is 0 Å². The van der Waals surface area contributed by atoms with Gasteiger partial charge in [0, 0.05) is 26.0 Å². The van der Waals surface area contributed by atoms with Crippen molar-refractivity contribution in [3.05, 3.63) is 140 Å². The Kier molecular flexibility index (Phi) is 7.34. The average Bonchev–Trinajstić information content (AvgIpc) is 3.25. The van der Waals surface area contributed by atoms with Gasteiger partial charge in [0.05, 0.1) is 12.0 Å². The minimum absolute atomic E-state index is 0.216. The molecule has 2 heterocycles. The van der Waals surface area contributed by atoms with Gasteiger partial charge in [0.2, 0.25) is 11.5 Å². The number of aliphatic hydroxyl groups is 2. The van der Waals surface area contributed by atoms with Crippen molar-refractivity contribution < 1.29 is 24.4 Å². The maximum atomic E-state index is 13.9. The van der Waals surface area contributed by atoms with Crippen molar-refractivity contribution in [3.8, 4) is 0 Å². The van der Waals surface area contributed by atoms with E-state index in [-0.39, 0.29) is 5.56 Å². The van der Waals surface area contributed by atoms with Crippen molar-refractivity contribution in [1.82, 2.24) is 9.55 Å². The number of aryl methyl sites for hydroxylation is 1. The zero-order valence-corrected chi connectivity index (χ0v) is 22.5. The average molecular weight is 545 g/mol. The van der Waals surface area contributed by atoms with Crippen LogP contribution < -0.4 is 11.2 Å². The Hall–Kier alpha value is -3.86. The van der Waals surface area contributed by atoms with E-state index < -0.39 is 47.0 Å². The number of H-pyrrole nitrogens is 1. The highest BCUT2D eigenvalue weighted by molar-refractivity contribution is 5.55. The molecule has 9 heteroatoms. The molecule has 1 aliphatic heterocycles. The fraction of sp³-hybridized carbons (Fsp3) is 0.290. The lowest BCUT2D eigenvalue weighted by molar-refractivity contribution is -0.339. The van der Waals surface area contributed by atoms with Gasteiger partial charge in [-0.25, -0.2) is 4.79 Å². The van der Waals surface area contributed by atoms with Crippen molar-refractivity contribution in [2.45, 2.75) is 36.1 Å². The summed E-state index contributed by atoms with van der Waals surface area (Å²) in [5.41, 5.74) is -2.69. The van der Waals surface area contributed by atoms with E-state index in [9.17, 15) is 19.8 Å². The Labute approximate surface area is 231 Å². The Bertz CT molecular complexity index is 1470. The van der Waals surface area contributed by atoms with Crippen molar-refractivity contribution in [2.75, 3.05) is 20.8 Å². The van der Waals surface area contributed by atoms with E-state index in [1.165, 1.54) is 25.0 Å². The molecule has 0 radical (unpaired) electrons. The van der Waals surface area contributed by atoms with Crippen LogP contribution in [0.15, 0.2) is 107 Å². The van der Waals surface area contributed by atoms with Gasteiger partial charge in [-0.2, -0.15) is 0 Å². The monoisotopic (exact) mass is 544 g/mol. The highest BCUT2D eigenvalue weighted by Crippen LogP contribution is 2.61. The summed E-state index contributed by atoms with van der Waals surface area (Å²) in [5.74, 6) is -2.09. The van der Waals surface area contributed by atoms with Gasteiger partial charge in [0.15, 0.2) is 0 Å². The number of methoxy groups -OCH3 is 2. The number of aromatic nitrogens is 2. The normalized spacial score (nSPS) is 22.3. The molecule has 40 heavy (non-hydrogen) atoms. The highest BCUT2D eigenvalue weighted by atomic mass is 16.7. The van der Waals surface area contributed by atoms with Gasteiger partial charge in [0.1, 0.15) is 12.2 Å². The summed E-state index contributed by atoms with van der Waals surface area (Å²) >= 11 is 0. The molecule has 1 aromatic heterocycles. The summed E-state index contributed by atoms with van der Waals surface area (Å²) in [7, 11) is 2.69. The number of nitrogens with one attached hydrogen (secondary N) is 1. The first-order chi connectivity index (χ1) is 19.3. The van der Waals surface area contributed by atoms with E-state index in [0.717, 1.165) is 0 Å². The van der Waals surface area contributed by atoms with E-state index in [0.29, 0.717) is 16.7 Å². The van der Waals surface area contributed by atoms with Gasteiger partial charge in [-0.05, 0) is 23.6 Å². The number of hydrogen-bond donors (Lipinski definition) is 3. The number of nitrogens with zero attached hydrogens (tertiary/aromatic N) is 1. The largest absolute Gasteiger partial charge is 0.394 e. The maximum Gasteiger partial charge on any atom is 0.330 e. The van der Waals surface area contributed by atoms with E-state index >= 15 is 0 Å². The number of hydrogen-bond acceptors (Lipinski definition) is 7. The van der Waals surface area contributed by atoms with Crippen LogP contribution in [0.25, 0.3) is 0 Å². The molecular weight excluding hydrogens is 512 g/mol. The summed E-state index contributed by atoms with van der Waals surface area (Å²) in [6.45, 7) is 0.955. The van der Waals surface area contributed by atoms with E-state index in [4.69, 9.17) is 14.2 Å². The first kappa shape index (κ1) is 27.7. The molecule has 1 saturated heterocycles. The molecule has 3 N–H and O–H groups in total. The standard InChI is InChI=1S/C31H32N2O7/c1-21-19-33(28(37)32-27(21)36)31(30(38-2,39-3)26(35)25(20-34)40-31)29(22-13-7-4-8-14-22,23-15-9-5-10-16-23)24-17-11-6-12-18-24/h4-19,25-26,34-35H,20H2,1-3H3,(H,32,36,37)/t25-,26-,31-/m1/s1. The van der Waals surface area contributed by atoms with Gasteiger partial charge >= 0.3 is 5.69 Å². The van der Waals surface area contributed by atoms with Crippen molar-refractivity contribution in [2.24, 2.45) is 0 Å². The smallest absolute Gasteiger partial charge is 0.330 e. The molecule has 0 aliphatic carbocycles. The maximum absolute atomic E-state index is 13.9. The molecule has 0 saturated carbocycles. The van der Waals surface area contributed by atoms with Crippen LogP contribution in [0, 0.1) is 6.92 Å². The Balaban J connectivity index is 2.13. The minimum Gasteiger partial charge on any atom is -0.394 e. The topological polar surface area (TPSA) is 123 Å². The quantitative estimate of drug-likeness (QED) is 0.230. The number of ether oxygens (including phenoxy) is 3. The second-order valence-electron chi connectivity index (χ2n) is 9.79. The summed E-state index contributed by atoms with van der Waals surface area (Å²) in [5, 5.41) is 22.2. The molecule has 208 valence electrons. The SMILES string of the molecule is COC1(OC)[C@H](O)[C@@H](CO)O[C@]1(n1cc(C)c(=O)[nH]c1=O)C(c1ccccc1)(c1ccccc1)c1ccccc1. The van der Waals surface area contributed by atoms with Crippen LogP contribution in [0.1, 0.15) is 22.3 Å². The molecule has 0 amide bonds. The van der Waals surface area contributed by atoms with Crippen molar-refractivity contribution in [1.29, 1.82) is 0 Å². The van der Waals surface area contributed by atoms with Crippen LogP contribution in [0.2, 0.25) is 0 Å². The fourth-order valence-corrected chi connectivity index (χ4v) is 6.26. The third-order valence-electron chi connectivity index (χ3n) is 7.91. The molecule has 0 bridgehead atoms. The van der Waals surface area contributed by atoms with E-state index in [1.54, 1.807) is 6.92 Å². The number of benzene rings is 3. The summed E-state index contributed by atoms with van der Waals surface area (Å²) in [6.07, 6.45) is -1.43. The number of rotatable bonds is 8. The molecule has 9 nitrogen and oxygen atoms in total. The molecule has 1 aliphatic rings. The second kappa shape index (κ2) is 10.6. The predicted octanol–water partition coefficient (Wildman–Crippen LogP) is 2.27. The van der Waals surface area contributed by atoms with Crippen molar-refractivity contribution in [3.63, 3.8) is 0 Å². The summed E-state index contributed by atoms with van der Waals surface area (Å²) in [4.78, 5) is 28.9. The Morgan fingerprint density at radius 1 is 0.875 bits per heavy atom. The molecule has 3 atom stereocenters. The molecule has 3 aromatic carbocycles. The molecule has 1 fully saturated rings. The summed E-state index contributed by atoms with van der Waals surface area (Å²) in [6, 6.07) is 28.1. The van der Waals surface area contributed by atoms with Gasteiger partial charge < -0.3 is 24.4 Å². The Morgan fingerprint density at radius 3 is 1.73 bits per heavy atom. The predicted molar refractivity (Wildman–Crippen MR) is 148 cm³/mol. The Morgan fingerprint density at radius 2 is 1.32 bits per heavy atom. The lowest BCUT2D eigenvalue weighted by atomic mass is 9.59. The van der Waals surface area contributed by atoms with Crippen LogP contribution >= 0.6 is 0 Å². The lowest BCUT2D eigenvalue weighted by Gasteiger charge is -2.55. The fourth-order valence-electron chi connectivity index (χ4n) is 6.26. The zero-order valence-electron chi connectivity index (χ0n) is 22.5. The van der Waals surface area contributed by atoms with Crippen LogP contribution in [0.4, 0.5) is 0 Å². The van der Waals surface area contributed by atoms with E-state index in [1.807, 2.05) is 91.0 Å². The van der Waals surface area contributed by atoms with Crippen LogP contribution in [0.5, 0.6) is 0 Å². The molecule has 4 aromatic rings. The number of aliphatic hydroxyl groups excluding tert-OH is 2. The third kappa shape index (κ3) is 3.67. The highest BCUT2D eigenvalue weighted by Gasteiger charge is 2.78. The molecule has 0 spiro atoms. The van der Waals surface area contributed by atoms with E-state index in [2.05, 4.69) is 4.98 Å².